The molecule has 0 bridgehead atoms. The van der Waals surface area contributed by atoms with Gasteiger partial charge in [-0.25, -0.2) is 4.98 Å². The predicted molar refractivity (Wildman–Crippen MR) is 60.5 cm³/mol. The average Bonchev–Trinajstić information content (AvgIpc) is 2.81. The van der Waals surface area contributed by atoms with Crippen LogP contribution in [0.1, 0.15) is 5.01 Å². The first kappa shape index (κ1) is 11.3. The van der Waals surface area contributed by atoms with Gasteiger partial charge in [-0.1, -0.05) is 5.16 Å². The van der Waals surface area contributed by atoms with Gasteiger partial charge in [0.2, 0.25) is 0 Å². The van der Waals surface area contributed by atoms with Gasteiger partial charge in [-0.05, 0) is 0 Å². The standard InChI is InChI=1S/C9H14N4O2S/c10-9(12-14)7-5-13(2-3-15-7)6-8-11-1-4-16-8/h1,4,7,14H,2-3,5-6H2,(H2,10,12). The molecule has 7 heteroatoms. The van der Waals surface area contributed by atoms with Gasteiger partial charge in [0.15, 0.2) is 5.84 Å². The molecule has 16 heavy (non-hydrogen) atoms. The third-order valence-corrected chi connectivity index (χ3v) is 3.20. The zero-order valence-corrected chi connectivity index (χ0v) is 9.56. The summed E-state index contributed by atoms with van der Waals surface area (Å²) in [4.78, 5) is 6.41. The quantitative estimate of drug-likeness (QED) is 0.340. The number of morpholine rings is 1. The fourth-order valence-corrected chi connectivity index (χ4v) is 2.27. The van der Waals surface area contributed by atoms with Gasteiger partial charge in [0.1, 0.15) is 11.1 Å². The van der Waals surface area contributed by atoms with E-state index in [9.17, 15) is 0 Å². The molecule has 0 aliphatic carbocycles. The summed E-state index contributed by atoms with van der Waals surface area (Å²) in [6.07, 6.45) is 1.47. The molecule has 88 valence electrons. The highest BCUT2D eigenvalue weighted by Gasteiger charge is 2.24. The minimum Gasteiger partial charge on any atom is -0.409 e. The highest BCUT2D eigenvalue weighted by molar-refractivity contribution is 7.09. The fraction of sp³-hybridized carbons (Fsp3) is 0.556. The highest BCUT2D eigenvalue weighted by Crippen LogP contribution is 2.12. The van der Waals surface area contributed by atoms with Crippen LogP contribution in [0, 0.1) is 0 Å². The van der Waals surface area contributed by atoms with Crippen molar-refractivity contribution in [3.63, 3.8) is 0 Å². The van der Waals surface area contributed by atoms with Crippen LogP contribution in [0.3, 0.4) is 0 Å². The van der Waals surface area contributed by atoms with Crippen molar-refractivity contribution in [3.05, 3.63) is 16.6 Å². The van der Waals surface area contributed by atoms with E-state index in [-0.39, 0.29) is 11.9 Å². The van der Waals surface area contributed by atoms with Crippen molar-refractivity contribution in [2.24, 2.45) is 10.9 Å². The number of amidine groups is 1. The van der Waals surface area contributed by atoms with Crippen molar-refractivity contribution in [3.8, 4) is 0 Å². The van der Waals surface area contributed by atoms with E-state index in [0.717, 1.165) is 18.1 Å². The third kappa shape index (κ3) is 2.69. The minimum absolute atomic E-state index is 0.129. The first-order valence-corrected chi connectivity index (χ1v) is 5.87. The lowest BCUT2D eigenvalue weighted by Gasteiger charge is -2.31. The Morgan fingerprint density at radius 2 is 2.69 bits per heavy atom. The Bertz CT molecular complexity index is 354. The summed E-state index contributed by atoms with van der Waals surface area (Å²) in [5.74, 6) is 0.129. The number of hydrogen-bond acceptors (Lipinski definition) is 6. The van der Waals surface area contributed by atoms with Crippen LogP contribution < -0.4 is 5.73 Å². The molecule has 1 aliphatic heterocycles. The van der Waals surface area contributed by atoms with Crippen LogP contribution in [-0.4, -0.2) is 46.7 Å². The van der Waals surface area contributed by atoms with E-state index in [4.69, 9.17) is 15.7 Å². The predicted octanol–water partition coefficient (Wildman–Crippen LogP) is 0.0903. The van der Waals surface area contributed by atoms with Gasteiger partial charge in [-0.15, -0.1) is 11.3 Å². The summed E-state index contributed by atoms with van der Waals surface area (Å²) in [6.45, 7) is 2.85. The number of hydrogen-bond donors (Lipinski definition) is 2. The fourth-order valence-electron chi connectivity index (χ4n) is 1.61. The van der Waals surface area contributed by atoms with E-state index in [1.807, 2.05) is 5.38 Å². The van der Waals surface area contributed by atoms with Gasteiger partial charge in [0.05, 0.1) is 13.2 Å². The van der Waals surface area contributed by atoms with E-state index in [1.54, 1.807) is 17.5 Å². The molecule has 1 unspecified atom stereocenters. The van der Waals surface area contributed by atoms with Crippen molar-refractivity contribution < 1.29 is 9.94 Å². The zero-order valence-electron chi connectivity index (χ0n) is 8.74. The number of rotatable bonds is 3. The van der Waals surface area contributed by atoms with Crippen LogP contribution in [0.5, 0.6) is 0 Å². The normalized spacial score (nSPS) is 23.5. The first-order chi connectivity index (χ1) is 7.79. The molecule has 0 amide bonds. The molecule has 1 aliphatic rings. The monoisotopic (exact) mass is 242 g/mol. The minimum atomic E-state index is -0.321. The molecule has 6 nitrogen and oxygen atoms in total. The number of oxime groups is 1. The Morgan fingerprint density at radius 3 is 3.38 bits per heavy atom. The van der Waals surface area contributed by atoms with Crippen molar-refractivity contribution in [1.82, 2.24) is 9.88 Å². The Labute approximate surface area is 97.3 Å². The van der Waals surface area contributed by atoms with E-state index >= 15 is 0 Å². The number of thiazole rings is 1. The van der Waals surface area contributed by atoms with Crippen molar-refractivity contribution in [2.75, 3.05) is 19.7 Å². The maximum absolute atomic E-state index is 8.58. The molecule has 0 aromatic carbocycles. The lowest BCUT2D eigenvalue weighted by atomic mass is 10.2. The van der Waals surface area contributed by atoms with Crippen LogP contribution in [-0.2, 0) is 11.3 Å². The van der Waals surface area contributed by atoms with Crippen LogP contribution in [0.15, 0.2) is 16.7 Å². The van der Waals surface area contributed by atoms with Crippen molar-refractivity contribution in [2.45, 2.75) is 12.6 Å². The summed E-state index contributed by atoms with van der Waals surface area (Å²) in [7, 11) is 0. The Morgan fingerprint density at radius 1 is 1.81 bits per heavy atom. The second-order valence-electron chi connectivity index (χ2n) is 3.55. The second-order valence-corrected chi connectivity index (χ2v) is 4.52. The van der Waals surface area contributed by atoms with E-state index in [1.165, 1.54) is 0 Å². The number of nitrogens with two attached hydrogens (primary N) is 1. The van der Waals surface area contributed by atoms with E-state index in [2.05, 4.69) is 15.0 Å². The number of ether oxygens (including phenoxy) is 1. The molecule has 1 aromatic heterocycles. The van der Waals surface area contributed by atoms with Crippen molar-refractivity contribution >= 4 is 17.2 Å². The highest BCUT2D eigenvalue weighted by atomic mass is 32.1. The molecule has 1 fully saturated rings. The van der Waals surface area contributed by atoms with Gasteiger partial charge < -0.3 is 15.7 Å². The molecule has 2 heterocycles. The molecule has 2 rings (SSSR count). The van der Waals surface area contributed by atoms with E-state index < -0.39 is 0 Å². The smallest absolute Gasteiger partial charge is 0.169 e. The number of nitrogens with zero attached hydrogens (tertiary/aromatic N) is 3. The molecular weight excluding hydrogens is 228 g/mol. The number of aromatic nitrogens is 1. The summed E-state index contributed by atoms with van der Waals surface area (Å²) in [6, 6.07) is 0. The average molecular weight is 242 g/mol. The van der Waals surface area contributed by atoms with Gasteiger partial charge in [-0.2, -0.15) is 0 Å². The first-order valence-electron chi connectivity index (χ1n) is 4.99. The maximum Gasteiger partial charge on any atom is 0.169 e. The van der Waals surface area contributed by atoms with Crippen LogP contribution >= 0.6 is 11.3 Å². The van der Waals surface area contributed by atoms with E-state index in [0.29, 0.717) is 13.2 Å². The summed E-state index contributed by atoms with van der Waals surface area (Å²) >= 11 is 1.63. The topological polar surface area (TPSA) is 84.0 Å². The molecule has 3 N–H and O–H groups in total. The van der Waals surface area contributed by atoms with Crippen LogP contribution in [0.25, 0.3) is 0 Å². The molecule has 0 radical (unpaired) electrons. The Balaban J connectivity index is 1.92. The molecule has 1 saturated heterocycles. The van der Waals surface area contributed by atoms with Crippen LogP contribution in [0.4, 0.5) is 0 Å². The molecular formula is C9H14N4O2S. The zero-order chi connectivity index (χ0) is 11.4. The van der Waals surface area contributed by atoms with Gasteiger partial charge in [0.25, 0.3) is 0 Å². The molecule has 1 atom stereocenters. The second kappa shape index (κ2) is 5.24. The summed E-state index contributed by atoms with van der Waals surface area (Å²) in [5, 5.41) is 14.6. The largest absolute Gasteiger partial charge is 0.409 e. The SMILES string of the molecule is NC(=NO)C1CN(Cc2nccs2)CCO1. The van der Waals surface area contributed by atoms with Crippen molar-refractivity contribution in [1.29, 1.82) is 0 Å². The van der Waals surface area contributed by atoms with Gasteiger partial charge >= 0.3 is 0 Å². The molecule has 0 saturated carbocycles. The third-order valence-electron chi connectivity index (χ3n) is 2.44. The molecule has 0 spiro atoms. The van der Waals surface area contributed by atoms with Gasteiger partial charge in [0, 0.05) is 24.7 Å². The maximum atomic E-state index is 8.58. The summed E-state index contributed by atoms with van der Waals surface area (Å²) in [5.41, 5.74) is 5.52. The molecule has 1 aromatic rings. The van der Waals surface area contributed by atoms with Crippen LogP contribution in [0.2, 0.25) is 0 Å². The summed E-state index contributed by atoms with van der Waals surface area (Å²) < 4.78 is 5.41. The lowest BCUT2D eigenvalue weighted by Crippen LogP contribution is -2.48. The lowest BCUT2D eigenvalue weighted by molar-refractivity contribution is 0.00139. The van der Waals surface area contributed by atoms with Gasteiger partial charge in [-0.3, -0.25) is 4.90 Å². The Hall–Kier alpha value is -1.18. The Kier molecular flexibility index (Phi) is 3.70.